The summed E-state index contributed by atoms with van der Waals surface area (Å²) in [6, 6.07) is 13.7. The molecule has 10 nitrogen and oxygen atoms in total. The number of hydrazine groups is 1. The van der Waals surface area contributed by atoms with E-state index in [0.29, 0.717) is 10.9 Å². The third-order valence-electron chi connectivity index (χ3n) is 4.27. The first-order valence-corrected chi connectivity index (χ1v) is 7.80. The van der Waals surface area contributed by atoms with Gasteiger partial charge in [-0.05, 0) is 28.8 Å². The van der Waals surface area contributed by atoms with Crippen molar-refractivity contribution in [2.75, 3.05) is 5.01 Å². The van der Waals surface area contributed by atoms with Gasteiger partial charge >= 0.3 is 11.6 Å². The number of benzene rings is 2. The molecule has 0 aliphatic rings. The number of carboxylic acids is 1. The van der Waals surface area contributed by atoms with E-state index in [1.165, 1.54) is 30.5 Å². The molecule has 0 amide bonds. The summed E-state index contributed by atoms with van der Waals surface area (Å²) in [5.74, 6) is -1.93. The SMILES string of the molecule is O=C(O)[C@](Cc1c[nH]c2ccccc12)(N(c1ccccc1)[N+](=O)[O-])[N+](=O)[O-]. The van der Waals surface area contributed by atoms with Gasteiger partial charge in [-0.1, -0.05) is 36.4 Å². The summed E-state index contributed by atoms with van der Waals surface area (Å²) in [5.41, 5.74) is -2.31. The Morgan fingerprint density at radius 3 is 2.30 bits per heavy atom. The zero-order valence-electron chi connectivity index (χ0n) is 13.8. The number of H-pyrrole nitrogens is 1. The molecule has 3 rings (SSSR count). The van der Waals surface area contributed by atoms with Crippen LogP contribution in [0.5, 0.6) is 0 Å². The van der Waals surface area contributed by atoms with Crippen molar-refractivity contribution in [1.29, 1.82) is 0 Å². The minimum Gasteiger partial charge on any atom is -0.474 e. The molecule has 27 heavy (non-hydrogen) atoms. The molecule has 0 spiro atoms. The molecule has 0 aliphatic carbocycles. The number of para-hydroxylation sites is 2. The Labute approximate surface area is 151 Å². The van der Waals surface area contributed by atoms with Gasteiger partial charge in [-0.3, -0.25) is 10.1 Å². The van der Waals surface area contributed by atoms with E-state index in [9.17, 15) is 30.1 Å². The maximum atomic E-state index is 12.0. The summed E-state index contributed by atoms with van der Waals surface area (Å²) in [6.07, 6.45) is 0.712. The van der Waals surface area contributed by atoms with Gasteiger partial charge in [0, 0.05) is 17.1 Å². The van der Waals surface area contributed by atoms with E-state index in [0.717, 1.165) is 0 Å². The van der Waals surface area contributed by atoms with Crippen LogP contribution in [-0.2, 0) is 11.2 Å². The lowest BCUT2D eigenvalue weighted by Crippen LogP contribution is -2.64. The maximum absolute atomic E-state index is 12.0. The molecule has 1 atom stereocenters. The first kappa shape index (κ1) is 17.9. The lowest BCUT2D eigenvalue weighted by molar-refractivity contribution is -0.624. The molecule has 1 aromatic heterocycles. The minimum absolute atomic E-state index is 0.0944. The van der Waals surface area contributed by atoms with Crippen LogP contribution in [0.15, 0.2) is 60.8 Å². The van der Waals surface area contributed by atoms with Gasteiger partial charge in [0.05, 0.1) is 11.3 Å². The molecule has 0 radical (unpaired) electrons. The lowest BCUT2D eigenvalue weighted by atomic mass is 9.98. The van der Waals surface area contributed by atoms with Crippen molar-refractivity contribution < 1.29 is 19.9 Å². The molecule has 10 heteroatoms. The molecule has 2 aromatic carbocycles. The second kappa shape index (κ2) is 6.75. The molecule has 0 fully saturated rings. The normalized spacial score (nSPS) is 13.0. The fourth-order valence-electron chi connectivity index (χ4n) is 3.02. The number of aromatic nitrogens is 1. The van der Waals surface area contributed by atoms with Crippen LogP contribution in [0.1, 0.15) is 5.56 Å². The molecule has 2 N–H and O–H groups in total. The third kappa shape index (κ3) is 2.92. The fourth-order valence-corrected chi connectivity index (χ4v) is 3.02. The molecular formula is C17H14N4O6. The Kier molecular flexibility index (Phi) is 4.46. The highest BCUT2D eigenvalue weighted by atomic mass is 16.7. The van der Waals surface area contributed by atoms with Crippen LogP contribution in [0, 0.1) is 20.2 Å². The predicted octanol–water partition coefficient (Wildman–Crippen LogP) is 2.47. The molecule has 0 bridgehead atoms. The van der Waals surface area contributed by atoms with Crippen LogP contribution >= 0.6 is 0 Å². The van der Waals surface area contributed by atoms with Crippen molar-refractivity contribution in [3.05, 3.63) is 86.6 Å². The Bertz CT molecular complexity index is 1000. The van der Waals surface area contributed by atoms with Crippen molar-refractivity contribution in [3.8, 4) is 0 Å². The maximum Gasteiger partial charge on any atom is 0.448 e. The number of nitrogens with zero attached hydrogens (tertiary/aromatic N) is 3. The molecular weight excluding hydrogens is 356 g/mol. The second-order valence-electron chi connectivity index (χ2n) is 5.80. The van der Waals surface area contributed by atoms with Crippen molar-refractivity contribution in [2.45, 2.75) is 12.1 Å². The molecule has 0 aliphatic heterocycles. The number of anilines is 1. The molecule has 1 heterocycles. The van der Waals surface area contributed by atoms with E-state index < -0.39 is 28.0 Å². The topological polar surface area (TPSA) is 143 Å². The summed E-state index contributed by atoms with van der Waals surface area (Å²) in [7, 11) is 0. The molecule has 3 aromatic rings. The monoisotopic (exact) mass is 370 g/mol. The number of rotatable bonds is 7. The number of hydrogen-bond donors (Lipinski definition) is 2. The number of carbonyl (C=O) groups is 1. The number of aromatic amines is 1. The summed E-state index contributed by atoms with van der Waals surface area (Å²) < 4.78 is 0. The van der Waals surface area contributed by atoms with Gasteiger partial charge in [0.25, 0.3) is 0 Å². The summed E-state index contributed by atoms with van der Waals surface area (Å²) >= 11 is 0. The van der Waals surface area contributed by atoms with Crippen molar-refractivity contribution >= 4 is 22.6 Å². The van der Waals surface area contributed by atoms with Crippen LogP contribution in [0.3, 0.4) is 0 Å². The molecule has 0 saturated heterocycles. The minimum atomic E-state index is -3.03. The number of nitro groups is 2. The first-order valence-electron chi connectivity index (χ1n) is 7.80. The van der Waals surface area contributed by atoms with Gasteiger partial charge in [-0.15, -0.1) is 0 Å². The van der Waals surface area contributed by atoms with E-state index in [4.69, 9.17) is 0 Å². The van der Waals surface area contributed by atoms with E-state index >= 15 is 0 Å². The fraction of sp³-hybridized carbons (Fsp3) is 0.118. The standard InChI is InChI=1S/C17H14N4O6/c22-16(23)17(20(24)25,19(21(26)27)13-6-2-1-3-7-13)10-12-11-18-15-9-5-4-8-14(12)15/h1-9,11,18H,10H2,(H,22,23)/t17-/m1/s1. The largest absolute Gasteiger partial charge is 0.474 e. The third-order valence-corrected chi connectivity index (χ3v) is 4.27. The number of carboxylic acid groups (broad SMARTS) is 1. The second-order valence-corrected chi connectivity index (χ2v) is 5.80. The number of aliphatic carboxylic acids is 1. The van der Waals surface area contributed by atoms with E-state index in [-0.39, 0.29) is 16.3 Å². The highest BCUT2D eigenvalue weighted by molar-refractivity contribution is 5.86. The first-order chi connectivity index (χ1) is 12.9. The van der Waals surface area contributed by atoms with Gasteiger partial charge in [0.1, 0.15) is 5.69 Å². The van der Waals surface area contributed by atoms with Gasteiger partial charge in [0.2, 0.25) is 0 Å². The summed E-state index contributed by atoms with van der Waals surface area (Å²) in [4.78, 5) is 37.4. The van der Waals surface area contributed by atoms with E-state index in [1.54, 1.807) is 30.3 Å². The van der Waals surface area contributed by atoms with Crippen molar-refractivity contribution in [3.63, 3.8) is 0 Å². The smallest absolute Gasteiger partial charge is 0.448 e. The van der Waals surface area contributed by atoms with E-state index in [2.05, 4.69) is 4.98 Å². The van der Waals surface area contributed by atoms with Crippen LogP contribution in [0.2, 0.25) is 0 Å². The van der Waals surface area contributed by atoms with Crippen LogP contribution in [0.4, 0.5) is 5.69 Å². The Morgan fingerprint density at radius 1 is 1.07 bits per heavy atom. The average Bonchev–Trinajstić information content (AvgIpc) is 3.04. The average molecular weight is 370 g/mol. The number of hydrogen-bond acceptors (Lipinski definition) is 5. The van der Waals surface area contributed by atoms with Gasteiger partial charge in [0.15, 0.2) is 5.03 Å². The van der Waals surface area contributed by atoms with Crippen LogP contribution in [-0.4, -0.2) is 31.7 Å². The summed E-state index contributed by atoms with van der Waals surface area (Å²) in [5, 5.41) is 32.9. The summed E-state index contributed by atoms with van der Waals surface area (Å²) in [6.45, 7) is 0. The highest BCUT2D eigenvalue weighted by Gasteiger charge is 2.64. The van der Waals surface area contributed by atoms with Gasteiger partial charge in [-0.25, -0.2) is 14.9 Å². The van der Waals surface area contributed by atoms with Crippen molar-refractivity contribution in [2.24, 2.45) is 0 Å². The van der Waals surface area contributed by atoms with Crippen LogP contribution in [0.25, 0.3) is 10.9 Å². The van der Waals surface area contributed by atoms with E-state index in [1.807, 2.05) is 0 Å². The van der Waals surface area contributed by atoms with Gasteiger partial charge < -0.3 is 10.1 Å². The quantitative estimate of drug-likeness (QED) is 0.369. The number of nitrogens with one attached hydrogen (secondary N) is 1. The molecule has 0 unspecified atom stereocenters. The Morgan fingerprint density at radius 2 is 1.70 bits per heavy atom. The molecule has 138 valence electrons. The van der Waals surface area contributed by atoms with Gasteiger partial charge in [-0.2, -0.15) is 0 Å². The Balaban J connectivity index is 2.21. The van der Waals surface area contributed by atoms with Crippen molar-refractivity contribution in [1.82, 2.24) is 4.98 Å². The predicted molar refractivity (Wildman–Crippen MR) is 95.3 cm³/mol. The zero-order chi connectivity index (χ0) is 19.6. The Hall–Kier alpha value is -3.95. The molecule has 0 saturated carbocycles. The number of fused-ring (bicyclic) bond motifs is 1. The highest BCUT2D eigenvalue weighted by Crippen LogP contribution is 2.31. The van der Waals surface area contributed by atoms with Crippen LogP contribution < -0.4 is 5.01 Å². The zero-order valence-corrected chi connectivity index (χ0v) is 13.8. The lowest BCUT2D eigenvalue weighted by Gasteiger charge is -2.26.